The van der Waals surface area contributed by atoms with Crippen molar-refractivity contribution in [3.8, 4) is 28.2 Å². The van der Waals surface area contributed by atoms with Gasteiger partial charge in [0.05, 0.1) is 60.2 Å². The average Bonchev–Trinajstić information content (AvgIpc) is 3.68. The first-order chi connectivity index (χ1) is 20.9. The quantitative estimate of drug-likeness (QED) is 0.308. The minimum absolute atomic E-state index is 0.0899. The van der Waals surface area contributed by atoms with Gasteiger partial charge in [0.2, 0.25) is 5.91 Å². The number of halogens is 1. The molecule has 1 aliphatic rings. The highest BCUT2D eigenvalue weighted by atomic mass is 35.5. The molecule has 2 bridgehead atoms. The molecule has 6 rings (SSSR count). The first-order valence-electron chi connectivity index (χ1n) is 14.0. The van der Waals surface area contributed by atoms with Crippen LogP contribution < -0.4 is 10.9 Å². The molecule has 5 aromatic rings. The molecule has 4 aromatic heterocycles. The van der Waals surface area contributed by atoms with Gasteiger partial charge in [-0.15, -0.1) is 5.10 Å². The predicted molar refractivity (Wildman–Crippen MR) is 159 cm³/mol. The molecule has 0 aliphatic carbocycles. The van der Waals surface area contributed by atoms with E-state index in [1.807, 2.05) is 19.1 Å². The molecule has 14 heteroatoms. The van der Waals surface area contributed by atoms with E-state index in [1.165, 1.54) is 23.4 Å². The second kappa shape index (κ2) is 12.2. The Kier molecular flexibility index (Phi) is 8.07. The lowest BCUT2D eigenvalue weighted by atomic mass is 9.99. The van der Waals surface area contributed by atoms with E-state index in [0.29, 0.717) is 51.9 Å². The van der Waals surface area contributed by atoms with Crippen LogP contribution in [0.4, 0.5) is 5.69 Å². The van der Waals surface area contributed by atoms with E-state index in [0.717, 1.165) is 18.4 Å². The highest BCUT2D eigenvalue weighted by Gasteiger charge is 2.24. The Balaban J connectivity index is 1.43. The molecule has 220 valence electrons. The van der Waals surface area contributed by atoms with Crippen LogP contribution in [0.5, 0.6) is 0 Å². The van der Waals surface area contributed by atoms with Gasteiger partial charge in [0.1, 0.15) is 6.33 Å². The summed E-state index contributed by atoms with van der Waals surface area (Å²) < 4.78 is 4.74. The smallest absolute Gasteiger partial charge is 0.254 e. The Labute approximate surface area is 251 Å². The van der Waals surface area contributed by atoms with Crippen LogP contribution in [0.15, 0.2) is 66.2 Å². The van der Waals surface area contributed by atoms with Crippen molar-refractivity contribution < 1.29 is 9.90 Å². The average molecular weight is 601 g/mol. The molecule has 0 radical (unpaired) electrons. The van der Waals surface area contributed by atoms with E-state index < -0.39 is 6.04 Å². The summed E-state index contributed by atoms with van der Waals surface area (Å²) in [5.74, 6) is -0.307. The lowest BCUT2D eigenvalue weighted by Gasteiger charge is -2.20. The third kappa shape index (κ3) is 5.81. The number of aliphatic hydroxyl groups excluding tert-OH is 1. The van der Waals surface area contributed by atoms with Crippen molar-refractivity contribution in [1.29, 1.82) is 0 Å². The van der Waals surface area contributed by atoms with Crippen molar-refractivity contribution in [2.24, 2.45) is 5.92 Å². The van der Waals surface area contributed by atoms with Crippen molar-refractivity contribution in [1.82, 2.24) is 44.5 Å². The van der Waals surface area contributed by atoms with Crippen LogP contribution in [0.3, 0.4) is 0 Å². The standard InChI is InChI=1S/C29H29ClN10O3/c1-18-4-2-3-5-26(23-12-19(8-9-31-23)28-24(35-29(18)43)15-34-39(28)10-11-41)38-16-32-22(14-27(38)42)21-13-20(30)6-7-25(21)40-17-33-36-37-40/h6-9,12-18,26,41H,2-5,10-11H2,1H3,(H,35,43)/t18-,26+/m1/s1. The van der Waals surface area contributed by atoms with Gasteiger partial charge in [0.15, 0.2) is 0 Å². The van der Waals surface area contributed by atoms with Gasteiger partial charge in [-0.25, -0.2) is 4.98 Å². The van der Waals surface area contributed by atoms with E-state index in [-0.39, 0.29) is 30.5 Å². The van der Waals surface area contributed by atoms with Gasteiger partial charge in [-0.1, -0.05) is 31.4 Å². The summed E-state index contributed by atoms with van der Waals surface area (Å²) in [4.78, 5) is 36.0. The van der Waals surface area contributed by atoms with E-state index in [1.54, 1.807) is 39.8 Å². The maximum absolute atomic E-state index is 13.7. The molecule has 1 amide bonds. The first-order valence-corrected chi connectivity index (χ1v) is 14.4. The summed E-state index contributed by atoms with van der Waals surface area (Å²) in [5, 5.41) is 28.9. The van der Waals surface area contributed by atoms with E-state index >= 15 is 0 Å². The lowest BCUT2D eigenvalue weighted by molar-refractivity contribution is -0.119. The Morgan fingerprint density at radius 3 is 2.72 bits per heavy atom. The monoisotopic (exact) mass is 600 g/mol. The van der Waals surface area contributed by atoms with Gasteiger partial charge in [-0.3, -0.25) is 23.8 Å². The lowest BCUT2D eigenvalue weighted by Crippen LogP contribution is -2.26. The fourth-order valence-corrected chi connectivity index (χ4v) is 5.58. The number of hydrogen-bond acceptors (Lipinski definition) is 9. The zero-order valence-electron chi connectivity index (χ0n) is 23.3. The van der Waals surface area contributed by atoms with Gasteiger partial charge >= 0.3 is 0 Å². The second-order valence-electron chi connectivity index (χ2n) is 10.4. The number of aliphatic hydroxyl groups is 1. The molecule has 0 spiro atoms. The number of nitrogens with one attached hydrogen (secondary N) is 1. The number of rotatable bonds is 5. The Hall–Kier alpha value is -4.75. The van der Waals surface area contributed by atoms with Crippen molar-refractivity contribution >= 4 is 23.2 Å². The van der Waals surface area contributed by atoms with Crippen molar-refractivity contribution in [3.05, 3.63) is 82.5 Å². The van der Waals surface area contributed by atoms with Gasteiger partial charge < -0.3 is 10.4 Å². The number of hydrogen-bond donors (Lipinski definition) is 2. The number of pyridine rings is 1. The van der Waals surface area contributed by atoms with Gasteiger partial charge in [0, 0.05) is 34.3 Å². The zero-order valence-corrected chi connectivity index (χ0v) is 24.1. The van der Waals surface area contributed by atoms with Crippen LogP contribution in [-0.2, 0) is 11.3 Å². The minimum Gasteiger partial charge on any atom is -0.394 e. The summed E-state index contributed by atoms with van der Waals surface area (Å²) in [5.41, 5.74) is 4.05. The van der Waals surface area contributed by atoms with E-state index in [2.05, 4.69) is 35.9 Å². The largest absolute Gasteiger partial charge is 0.394 e. The Morgan fingerprint density at radius 1 is 1.07 bits per heavy atom. The molecule has 0 fully saturated rings. The van der Waals surface area contributed by atoms with Gasteiger partial charge in [-0.05, 0) is 53.6 Å². The molecular formula is C29H29ClN10O3. The molecule has 0 saturated heterocycles. The van der Waals surface area contributed by atoms with Crippen LogP contribution in [0.2, 0.25) is 5.02 Å². The number of carbonyl (C=O) groups excluding carboxylic acids is 1. The molecule has 0 unspecified atom stereocenters. The van der Waals surface area contributed by atoms with Crippen LogP contribution in [0.25, 0.3) is 28.2 Å². The number of carbonyl (C=O) groups is 1. The van der Waals surface area contributed by atoms with Crippen molar-refractivity contribution in [2.75, 3.05) is 11.9 Å². The highest BCUT2D eigenvalue weighted by Crippen LogP contribution is 2.33. The third-order valence-corrected chi connectivity index (χ3v) is 7.85. The molecular weight excluding hydrogens is 572 g/mol. The van der Waals surface area contributed by atoms with Crippen molar-refractivity contribution in [2.45, 2.75) is 45.2 Å². The second-order valence-corrected chi connectivity index (χ2v) is 10.9. The summed E-state index contributed by atoms with van der Waals surface area (Å²) in [6.07, 6.45) is 9.13. The fourth-order valence-electron chi connectivity index (χ4n) is 5.40. The summed E-state index contributed by atoms with van der Waals surface area (Å²) in [6, 6.07) is 10.00. The molecule has 5 heterocycles. The predicted octanol–water partition coefficient (Wildman–Crippen LogP) is 3.53. The molecule has 2 atom stereocenters. The number of amides is 1. The molecule has 0 saturated carbocycles. The number of fused-ring (bicyclic) bond motifs is 4. The maximum atomic E-state index is 13.7. The number of anilines is 1. The Bertz CT molecular complexity index is 1820. The van der Waals surface area contributed by atoms with Crippen LogP contribution >= 0.6 is 11.6 Å². The van der Waals surface area contributed by atoms with Crippen LogP contribution in [-0.4, -0.2) is 62.1 Å². The zero-order chi connectivity index (χ0) is 29.9. The van der Waals surface area contributed by atoms with E-state index in [4.69, 9.17) is 11.6 Å². The summed E-state index contributed by atoms with van der Waals surface area (Å²) >= 11 is 6.31. The summed E-state index contributed by atoms with van der Waals surface area (Å²) in [7, 11) is 0. The molecule has 1 aromatic carbocycles. The number of tetrazole rings is 1. The third-order valence-electron chi connectivity index (χ3n) is 7.62. The number of benzene rings is 1. The minimum atomic E-state index is -0.412. The highest BCUT2D eigenvalue weighted by molar-refractivity contribution is 6.31. The van der Waals surface area contributed by atoms with E-state index in [9.17, 15) is 14.7 Å². The molecule has 1 aliphatic heterocycles. The number of nitrogens with zero attached hydrogens (tertiary/aromatic N) is 9. The number of aromatic nitrogens is 9. The Morgan fingerprint density at radius 2 is 1.93 bits per heavy atom. The molecule has 2 N–H and O–H groups in total. The topological polar surface area (TPSA) is 159 Å². The normalized spacial score (nSPS) is 17.3. The van der Waals surface area contributed by atoms with Crippen molar-refractivity contribution in [3.63, 3.8) is 0 Å². The molecule has 43 heavy (non-hydrogen) atoms. The molecule has 13 nitrogen and oxygen atoms in total. The van der Waals surface area contributed by atoms with Gasteiger partial charge in [0.25, 0.3) is 5.56 Å². The SMILES string of the molecule is C[C@@H]1CCCC[C@H](n2cnc(-c3cc(Cl)ccc3-n3cnnn3)cc2=O)c2cc(ccn2)-c2c(cnn2CCO)NC1=O. The first kappa shape index (κ1) is 28.4. The fraction of sp³-hybridized carbons (Fsp3) is 0.310. The van der Waals surface area contributed by atoms with Crippen LogP contribution in [0.1, 0.15) is 44.3 Å². The van der Waals surface area contributed by atoms with Crippen LogP contribution in [0, 0.1) is 5.92 Å². The van der Waals surface area contributed by atoms with Gasteiger partial charge in [-0.2, -0.15) is 9.78 Å². The summed E-state index contributed by atoms with van der Waals surface area (Å²) in [6.45, 7) is 2.04. The maximum Gasteiger partial charge on any atom is 0.254 e.